The summed E-state index contributed by atoms with van der Waals surface area (Å²) >= 11 is 0. The number of hydrogen-bond donors (Lipinski definition) is 1. The SMILES string of the molecule is CC/C(=C/N(CC(C)(C)C)C(=O)c1cccc(C(F)(F)F)c1F)c1[nH]c2ccccc2c1C. The second-order valence-electron chi connectivity index (χ2n) is 9.34. The molecule has 1 amide bonds. The lowest BCUT2D eigenvalue weighted by Crippen LogP contribution is -2.35. The highest BCUT2D eigenvalue weighted by atomic mass is 19.4. The first-order valence-corrected chi connectivity index (χ1v) is 10.8. The van der Waals surface area contributed by atoms with Crippen molar-refractivity contribution in [1.82, 2.24) is 9.88 Å². The Labute approximate surface area is 191 Å². The number of nitrogens with one attached hydrogen (secondary N) is 1. The molecule has 0 atom stereocenters. The van der Waals surface area contributed by atoms with Gasteiger partial charge in [-0.05, 0) is 48.1 Å². The molecule has 0 fully saturated rings. The van der Waals surface area contributed by atoms with Crippen molar-refractivity contribution in [3.8, 4) is 0 Å². The third-order valence-electron chi connectivity index (χ3n) is 5.42. The fourth-order valence-corrected chi connectivity index (χ4v) is 3.88. The van der Waals surface area contributed by atoms with Gasteiger partial charge in [0.05, 0.1) is 11.1 Å². The van der Waals surface area contributed by atoms with Crippen LogP contribution in [0.3, 0.4) is 0 Å². The van der Waals surface area contributed by atoms with Gasteiger partial charge < -0.3 is 9.88 Å². The second-order valence-corrected chi connectivity index (χ2v) is 9.34. The molecule has 0 aliphatic rings. The minimum atomic E-state index is -4.89. The number of carbonyl (C=O) groups excluding carboxylic acids is 1. The Balaban J connectivity index is 2.12. The van der Waals surface area contributed by atoms with Crippen LogP contribution in [0, 0.1) is 18.2 Å². The van der Waals surface area contributed by atoms with E-state index in [1.807, 2.05) is 58.9 Å². The topological polar surface area (TPSA) is 36.1 Å². The van der Waals surface area contributed by atoms with E-state index in [2.05, 4.69) is 4.98 Å². The molecular weight excluding hydrogens is 432 g/mol. The lowest BCUT2D eigenvalue weighted by molar-refractivity contribution is -0.140. The van der Waals surface area contributed by atoms with Gasteiger partial charge in [0.25, 0.3) is 5.91 Å². The molecular formula is C26H28F4N2O. The molecule has 1 N–H and O–H groups in total. The van der Waals surface area contributed by atoms with Crippen LogP contribution in [0.1, 0.15) is 61.3 Å². The van der Waals surface area contributed by atoms with E-state index < -0.39 is 29.0 Å². The van der Waals surface area contributed by atoms with E-state index in [1.54, 1.807) is 6.20 Å². The van der Waals surface area contributed by atoms with Crippen molar-refractivity contribution in [1.29, 1.82) is 0 Å². The number of aryl methyl sites for hydroxylation is 1. The summed E-state index contributed by atoms with van der Waals surface area (Å²) in [4.78, 5) is 18.0. The smallest absolute Gasteiger partial charge is 0.355 e. The molecule has 2 aromatic carbocycles. The molecule has 0 saturated heterocycles. The number of nitrogens with zero attached hydrogens (tertiary/aromatic N) is 1. The molecule has 0 saturated carbocycles. The number of benzene rings is 2. The van der Waals surface area contributed by atoms with Crippen molar-refractivity contribution >= 4 is 22.4 Å². The fraction of sp³-hybridized carbons (Fsp3) is 0.346. The lowest BCUT2D eigenvalue weighted by atomic mass is 9.95. The van der Waals surface area contributed by atoms with Crippen LogP contribution in [0.15, 0.2) is 48.7 Å². The van der Waals surface area contributed by atoms with E-state index in [0.717, 1.165) is 39.9 Å². The summed E-state index contributed by atoms with van der Waals surface area (Å²) in [5.74, 6) is -2.37. The average molecular weight is 461 g/mol. The zero-order chi connectivity index (χ0) is 24.6. The molecule has 0 bridgehead atoms. The summed E-state index contributed by atoms with van der Waals surface area (Å²) in [5, 5.41) is 1.05. The highest BCUT2D eigenvalue weighted by molar-refractivity contribution is 5.96. The number of para-hydroxylation sites is 1. The number of alkyl halides is 3. The molecule has 0 aliphatic carbocycles. The first-order valence-electron chi connectivity index (χ1n) is 10.8. The molecule has 1 aromatic heterocycles. The Hall–Kier alpha value is -3.09. The zero-order valence-electron chi connectivity index (χ0n) is 19.4. The van der Waals surface area contributed by atoms with Gasteiger partial charge in [-0.15, -0.1) is 0 Å². The summed E-state index contributed by atoms with van der Waals surface area (Å²) < 4.78 is 54.4. The van der Waals surface area contributed by atoms with Crippen molar-refractivity contribution < 1.29 is 22.4 Å². The summed E-state index contributed by atoms with van der Waals surface area (Å²) in [6, 6.07) is 10.6. The van der Waals surface area contributed by atoms with E-state index in [4.69, 9.17) is 0 Å². The second kappa shape index (κ2) is 9.04. The van der Waals surface area contributed by atoms with Gasteiger partial charge in [0.1, 0.15) is 5.82 Å². The van der Waals surface area contributed by atoms with Gasteiger partial charge in [-0.3, -0.25) is 4.79 Å². The van der Waals surface area contributed by atoms with Crippen molar-refractivity contribution in [2.75, 3.05) is 6.54 Å². The normalized spacial score (nSPS) is 12.9. The first kappa shape index (κ1) is 24.6. The van der Waals surface area contributed by atoms with Crippen molar-refractivity contribution in [2.24, 2.45) is 5.41 Å². The summed E-state index contributed by atoms with van der Waals surface area (Å²) in [7, 11) is 0. The van der Waals surface area contributed by atoms with Crippen LogP contribution in [-0.4, -0.2) is 22.3 Å². The molecule has 0 radical (unpaired) electrons. The molecule has 176 valence electrons. The number of rotatable bonds is 5. The molecule has 7 heteroatoms. The maximum absolute atomic E-state index is 14.8. The Morgan fingerprint density at radius 1 is 1.06 bits per heavy atom. The summed E-state index contributed by atoms with van der Waals surface area (Å²) in [6.45, 7) is 9.82. The van der Waals surface area contributed by atoms with E-state index in [1.165, 1.54) is 4.90 Å². The van der Waals surface area contributed by atoms with Crippen molar-refractivity contribution in [3.05, 3.63) is 76.9 Å². The predicted octanol–water partition coefficient (Wildman–Crippen LogP) is 7.57. The van der Waals surface area contributed by atoms with Crippen LogP contribution >= 0.6 is 0 Å². The van der Waals surface area contributed by atoms with Gasteiger partial charge in [0.15, 0.2) is 0 Å². The molecule has 0 aliphatic heterocycles. The van der Waals surface area contributed by atoms with Crippen LogP contribution in [0.2, 0.25) is 0 Å². The Morgan fingerprint density at radius 3 is 2.30 bits per heavy atom. The van der Waals surface area contributed by atoms with Crippen LogP contribution < -0.4 is 0 Å². The Morgan fingerprint density at radius 2 is 1.73 bits per heavy atom. The van der Waals surface area contributed by atoms with E-state index in [-0.39, 0.29) is 12.0 Å². The monoisotopic (exact) mass is 460 g/mol. The number of halogens is 4. The minimum Gasteiger partial charge on any atom is -0.355 e. The number of allylic oxidation sites excluding steroid dienone is 1. The number of hydrogen-bond acceptors (Lipinski definition) is 1. The third kappa shape index (κ3) is 5.29. The predicted molar refractivity (Wildman–Crippen MR) is 123 cm³/mol. The number of aromatic nitrogens is 1. The molecule has 3 aromatic rings. The highest BCUT2D eigenvalue weighted by Crippen LogP contribution is 2.34. The maximum Gasteiger partial charge on any atom is 0.419 e. The van der Waals surface area contributed by atoms with Gasteiger partial charge >= 0.3 is 6.18 Å². The van der Waals surface area contributed by atoms with E-state index >= 15 is 0 Å². The number of aromatic amines is 1. The van der Waals surface area contributed by atoms with E-state index in [0.29, 0.717) is 12.5 Å². The number of fused-ring (bicyclic) bond motifs is 1. The molecule has 0 spiro atoms. The van der Waals surface area contributed by atoms with Crippen LogP contribution in [0.5, 0.6) is 0 Å². The highest BCUT2D eigenvalue weighted by Gasteiger charge is 2.36. The average Bonchev–Trinajstić information content (AvgIpc) is 3.05. The van der Waals surface area contributed by atoms with Gasteiger partial charge in [-0.1, -0.05) is 52.0 Å². The number of carbonyl (C=O) groups is 1. The molecule has 3 nitrogen and oxygen atoms in total. The largest absolute Gasteiger partial charge is 0.419 e. The Bertz CT molecular complexity index is 1200. The van der Waals surface area contributed by atoms with Gasteiger partial charge in [0.2, 0.25) is 0 Å². The van der Waals surface area contributed by atoms with Crippen LogP contribution in [0.25, 0.3) is 16.5 Å². The molecule has 0 unspecified atom stereocenters. The van der Waals surface area contributed by atoms with Crippen LogP contribution in [-0.2, 0) is 6.18 Å². The standard InChI is InChI=1S/C26H28F4N2O/c1-6-17(23-16(2)18-10-7-8-13-21(18)31-23)14-32(15-25(3,4)5)24(33)19-11-9-12-20(22(19)27)26(28,29)30/h7-14,31H,6,15H2,1-5H3/b17-14-. The third-order valence-corrected chi connectivity index (χ3v) is 5.42. The minimum absolute atomic E-state index is 0.199. The molecule has 3 rings (SSSR count). The molecule has 1 heterocycles. The number of amides is 1. The molecule has 33 heavy (non-hydrogen) atoms. The van der Waals surface area contributed by atoms with Crippen molar-refractivity contribution in [3.63, 3.8) is 0 Å². The Kier molecular flexibility index (Phi) is 6.73. The van der Waals surface area contributed by atoms with Gasteiger partial charge in [-0.2, -0.15) is 13.2 Å². The fourth-order valence-electron chi connectivity index (χ4n) is 3.88. The quantitative estimate of drug-likeness (QED) is 0.392. The van der Waals surface area contributed by atoms with Gasteiger partial charge in [-0.25, -0.2) is 4.39 Å². The van der Waals surface area contributed by atoms with Crippen LogP contribution in [0.4, 0.5) is 17.6 Å². The van der Waals surface area contributed by atoms with E-state index in [9.17, 15) is 22.4 Å². The lowest BCUT2D eigenvalue weighted by Gasteiger charge is -2.29. The zero-order valence-corrected chi connectivity index (χ0v) is 19.4. The summed E-state index contributed by atoms with van der Waals surface area (Å²) in [6.07, 6.45) is -2.70. The summed E-state index contributed by atoms with van der Waals surface area (Å²) in [5.41, 5.74) is 1.17. The first-order chi connectivity index (χ1) is 15.3. The maximum atomic E-state index is 14.8. The van der Waals surface area contributed by atoms with Crippen molar-refractivity contribution in [2.45, 2.75) is 47.2 Å². The number of H-pyrrole nitrogens is 1. The van der Waals surface area contributed by atoms with Gasteiger partial charge in [0, 0.05) is 29.3 Å².